The van der Waals surface area contributed by atoms with Crippen molar-refractivity contribution in [2.45, 2.75) is 38.5 Å². The summed E-state index contributed by atoms with van der Waals surface area (Å²) in [7, 11) is 0. The molecule has 0 aromatic heterocycles. The zero-order valence-corrected chi connectivity index (χ0v) is 11.7. The summed E-state index contributed by atoms with van der Waals surface area (Å²) < 4.78 is 1.87. The first-order valence-corrected chi connectivity index (χ1v) is 7.04. The Hall–Kier alpha value is -0.960. The first-order chi connectivity index (χ1) is 8.25. The third-order valence-electron chi connectivity index (χ3n) is 2.43. The summed E-state index contributed by atoms with van der Waals surface area (Å²) in [6, 6.07) is 10.1. The van der Waals surface area contributed by atoms with Gasteiger partial charge < -0.3 is 0 Å². The van der Waals surface area contributed by atoms with Crippen molar-refractivity contribution in [1.82, 2.24) is 4.31 Å². The molecule has 1 saturated carbocycles. The molecule has 3 heteroatoms. The molecule has 1 aliphatic carbocycles. The van der Waals surface area contributed by atoms with E-state index >= 15 is 0 Å². The molecule has 1 aromatic carbocycles. The summed E-state index contributed by atoms with van der Waals surface area (Å²) in [4.78, 5) is 12.5. The Morgan fingerprint density at radius 2 is 1.88 bits per heavy atom. The zero-order valence-electron chi connectivity index (χ0n) is 10.8. The van der Waals surface area contributed by atoms with Gasteiger partial charge >= 0.3 is 0 Å². The molecule has 1 amide bonds. The van der Waals surface area contributed by atoms with E-state index in [1.165, 1.54) is 12.8 Å². The molecule has 0 heterocycles. The predicted molar refractivity (Wildman–Crippen MR) is 73.8 cm³/mol. The minimum absolute atomic E-state index is 0.149. The standard InChI is InChI=1S/C12H15NOS.C2H6/c1-10(14)13(9-11-7-8-11)15-12-5-3-2-4-6-12;1-2/h2-6,11H,7-9H2,1H3;1-2H3. The Morgan fingerprint density at radius 1 is 1.29 bits per heavy atom. The van der Waals surface area contributed by atoms with Crippen molar-refractivity contribution in [2.75, 3.05) is 6.54 Å². The van der Waals surface area contributed by atoms with Crippen molar-refractivity contribution in [2.24, 2.45) is 5.92 Å². The fraction of sp³-hybridized carbons (Fsp3) is 0.500. The maximum atomic E-state index is 11.4. The molecule has 1 fully saturated rings. The van der Waals surface area contributed by atoms with Crippen LogP contribution in [-0.4, -0.2) is 16.8 Å². The fourth-order valence-electron chi connectivity index (χ4n) is 1.37. The van der Waals surface area contributed by atoms with E-state index < -0.39 is 0 Å². The average molecular weight is 251 g/mol. The second kappa shape index (κ2) is 7.38. The highest BCUT2D eigenvalue weighted by atomic mass is 32.2. The minimum atomic E-state index is 0.149. The molecule has 0 atom stereocenters. The van der Waals surface area contributed by atoms with Gasteiger partial charge in [0.2, 0.25) is 5.91 Å². The van der Waals surface area contributed by atoms with Gasteiger partial charge in [-0.05, 0) is 42.8 Å². The summed E-state index contributed by atoms with van der Waals surface area (Å²) in [6.07, 6.45) is 2.55. The summed E-state index contributed by atoms with van der Waals surface area (Å²) in [5, 5.41) is 0. The second-order valence-electron chi connectivity index (χ2n) is 3.93. The lowest BCUT2D eigenvalue weighted by atomic mass is 10.4. The van der Waals surface area contributed by atoms with Gasteiger partial charge in [-0.2, -0.15) is 0 Å². The average Bonchev–Trinajstić information content (AvgIpc) is 3.16. The molecule has 0 radical (unpaired) electrons. The van der Waals surface area contributed by atoms with Crippen molar-refractivity contribution in [3.8, 4) is 0 Å². The highest BCUT2D eigenvalue weighted by Gasteiger charge is 2.26. The van der Waals surface area contributed by atoms with Gasteiger partial charge in [0, 0.05) is 18.4 Å². The van der Waals surface area contributed by atoms with E-state index in [-0.39, 0.29) is 5.91 Å². The third-order valence-corrected chi connectivity index (χ3v) is 3.54. The Morgan fingerprint density at radius 3 is 2.35 bits per heavy atom. The maximum absolute atomic E-state index is 11.4. The van der Waals surface area contributed by atoms with E-state index in [0.29, 0.717) is 0 Å². The largest absolute Gasteiger partial charge is 0.282 e. The van der Waals surface area contributed by atoms with Gasteiger partial charge in [-0.1, -0.05) is 32.0 Å². The Balaban J connectivity index is 0.000000686. The van der Waals surface area contributed by atoms with Crippen LogP contribution in [0.15, 0.2) is 35.2 Å². The molecule has 0 aliphatic heterocycles. The first-order valence-electron chi connectivity index (χ1n) is 6.27. The van der Waals surface area contributed by atoms with Gasteiger partial charge in [-0.15, -0.1) is 0 Å². The number of benzene rings is 1. The Labute approximate surface area is 109 Å². The van der Waals surface area contributed by atoms with Gasteiger partial charge in [-0.25, -0.2) is 0 Å². The van der Waals surface area contributed by atoms with E-state index in [1.807, 2.05) is 48.5 Å². The van der Waals surface area contributed by atoms with Crippen LogP contribution in [0.1, 0.15) is 33.6 Å². The van der Waals surface area contributed by atoms with Crippen LogP contribution >= 0.6 is 11.9 Å². The highest BCUT2D eigenvalue weighted by Crippen LogP contribution is 2.33. The molecule has 94 valence electrons. The third kappa shape index (κ3) is 5.26. The number of amides is 1. The van der Waals surface area contributed by atoms with Gasteiger partial charge in [-0.3, -0.25) is 9.10 Å². The van der Waals surface area contributed by atoms with Crippen molar-refractivity contribution < 1.29 is 4.79 Å². The Bertz CT molecular complexity index is 335. The van der Waals surface area contributed by atoms with E-state index in [4.69, 9.17) is 0 Å². The lowest BCUT2D eigenvalue weighted by Crippen LogP contribution is -2.23. The summed E-state index contributed by atoms with van der Waals surface area (Å²) >= 11 is 1.55. The smallest absolute Gasteiger partial charge is 0.229 e. The number of hydrogen-bond donors (Lipinski definition) is 0. The van der Waals surface area contributed by atoms with Gasteiger partial charge in [0.05, 0.1) is 0 Å². The van der Waals surface area contributed by atoms with Crippen LogP contribution in [0, 0.1) is 5.92 Å². The van der Waals surface area contributed by atoms with Crippen LogP contribution in [0.5, 0.6) is 0 Å². The van der Waals surface area contributed by atoms with Gasteiger partial charge in [0.25, 0.3) is 0 Å². The second-order valence-corrected chi connectivity index (χ2v) is 5.02. The van der Waals surface area contributed by atoms with E-state index in [2.05, 4.69) is 0 Å². The molecular weight excluding hydrogens is 230 g/mol. The number of nitrogens with zero attached hydrogens (tertiary/aromatic N) is 1. The fourth-order valence-corrected chi connectivity index (χ4v) is 2.32. The van der Waals surface area contributed by atoms with Crippen LogP contribution < -0.4 is 0 Å². The van der Waals surface area contributed by atoms with Crippen molar-refractivity contribution in [3.05, 3.63) is 30.3 Å². The zero-order chi connectivity index (χ0) is 12.7. The first kappa shape index (κ1) is 14.1. The molecule has 17 heavy (non-hydrogen) atoms. The topological polar surface area (TPSA) is 20.3 Å². The molecule has 2 rings (SSSR count). The molecule has 0 unspecified atom stereocenters. The predicted octanol–water partition coefficient (Wildman–Crippen LogP) is 3.98. The number of carbonyl (C=O) groups excluding carboxylic acids is 1. The molecule has 0 saturated heterocycles. The lowest BCUT2D eigenvalue weighted by molar-refractivity contribution is -0.124. The van der Waals surface area contributed by atoms with Crippen LogP contribution in [0.4, 0.5) is 0 Å². The van der Waals surface area contributed by atoms with E-state index in [0.717, 1.165) is 17.4 Å². The summed E-state index contributed by atoms with van der Waals surface area (Å²) in [6.45, 7) is 6.53. The molecule has 0 spiro atoms. The molecule has 0 N–H and O–H groups in total. The van der Waals surface area contributed by atoms with Crippen LogP contribution in [0.3, 0.4) is 0 Å². The SMILES string of the molecule is CC.CC(=O)N(CC1CC1)Sc1ccccc1. The van der Waals surface area contributed by atoms with Crippen molar-refractivity contribution in [3.63, 3.8) is 0 Å². The summed E-state index contributed by atoms with van der Waals surface area (Å²) in [5.74, 6) is 0.890. The quantitative estimate of drug-likeness (QED) is 0.754. The lowest BCUT2D eigenvalue weighted by Gasteiger charge is -2.19. The highest BCUT2D eigenvalue weighted by molar-refractivity contribution is 7.97. The number of carbonyl (C=O) groups is 1. The number of rotatable bonds is 4. The Kier molecular flexibility index (Phi) is 6.12. The van der Waals surface area contributed by atoms with Crippen LogP contribution in [0.25, 0.3) is 0 Å². The van der Waals surface area contributed by atoms with Crippen molar-refractivity contribution >= 4 is 17.9 Å². The van der Waals surface area contributed by atoms with Gasteiger partial charge in [0.1, 0.15) is 0 Å². The van der Waals surface area contributed by atoms with Crippen molar-refractivity contribution in [1.29, 1.82) is 0 Å². The van der Waals surface area contributed by atoms with E-state index in [1.54, 1.807) is 18.9 Å². The molecule has 0 bridgehead atoms. The molecule has 2 nitrogen and oxygen atoms in total. The molecular formula is C14H21NOS. The number of hydrogen-bond acceptors (Lipinski definition) is 2. The molecule has 1 aliphatic rings. The summed E-state index contributed by atoms with van der Waals surface area (Å²) in [5.41, 5.74) is 0. The maximum Gasteiger partial charge on any atom is 0.229 e. The normalized spacial score (nSPS) is 13.6. The monoisotopic (exact) mass is 251 g/mol. The molecule has 1 aromatic rings. The minimum Gasteiger partial charge on any atom is -0.282 e. The van der Waals surface area contributed by atoms with E-state index in [9.17, 15) is 4.79 Å². The van der Waals surface area contributed by atoms with Crippen LogP contribution in [-0.2, 0) is 4.79 Å². The van der Waals surface area contributed by atoms with Gasteiger partial charge in [0.15, 0.2) is 0 Å². The van der Waals surface area contributed by atoms with Crippen LogP contribution in [0.2, 0.25) is 0 Å².